The van der Waals surface area contributed by atoms with Crippen LogP contribution in [-0.2, 0) is 9.59 Å². The predicted octanol–water partition coefficient (Wildman–Crippen LogP) is 2.12. The van der Waals surface area contributed by atoms with Crippen molar-refractivity contribution < 1.29 is 9.59 Å². The molecule has 2 amide bonds. The van der Waals surface area contributed by atoms with Crippen LogP contribution in [0, 0.1) is 12.8 Å². The van der Waals surface area contributed by atoms with Crippen molar-refractivity contribution in [3.8, 4) is 0 Å². The van der Waals surface area contributed by atoms with Gasteiger partial charge in [-0.05, 0) is 44.4 Å². The zero-order chi connectivity index (χ0) is 16.8. The number of likely N-dealkylation sites (N-methyl/N-ethyl adjacent to an activating group) is 1. The number of nitrogens with zero attached hydrogens (tertiary/aromatic N) is 2. The molecule has 1 aliphatic heterocycles. The lowest BCUT2D eigenvalue weighted by Gasteiger charge is -2.31. The Morgan fingerprint density at radius 3 is 2.65 bits per heavy atom. The molecule has 5 heteroatoms. The Labute approximate surface area is 138 Å². The van der Waals surface area contributed by atoms with E-state index in [1.807, 2.05) is 31.2 Å². The van der Waals surface area contributed by atoms with E-state index in [4.69, 9.17) is 0 Å². The van der Waals surface area contributed by atoms with E-state index in [9.17, 15) is 9.59 Å². The van der Waals surface area contributed by atoms with Crippen molar-refractivity contribution in [1.29, 1.82) is 0 Å². The number of anilines is 1. The summed E-state index contributed by atoms with van der Waals surface area (Å²) in [7, 11) is 1.68. The fourth-order valence-corrected chi connectivity index (χ4v) is 2.88. The normalized spacial score (nSPS) is 18.5. The molecule has 1 fully saturated rings. The van der Waals surface area contributed by atoms with Crippen LogP contribution in [0.25, 0.3) is 0 Å². The predicted molar refractivity (Wildman–Crippen MR) is 92.3 cm³/mol. The van der Waals surface area contributed by atoms with Gasteiger partial charge in [0.1, 0.15) is 0 Å². The number of piperidine rings is 1. The molecule has 0 spiro atoms. The second kappa shape index (κ2) is 8.11. The number of likely N-dealkylation sites (tertiary alicyclic amines) is 1. The van der Waals surface area contributed by atoms with E-state index in [0.717, 1.165) is 30.8 Å². The van der Waals surface area contributed by atoms with Gasteiger partial charge in [0.25, 0.3) is 0 Å². The summed E-state index contributed by atoms with van der Waals surface area (Å²) in [6.07, 6.45) is 2.38. The minimum absolute atomic E-state index is 0.00171. The smallest absolute Gasteiger partial charge is 0.243 e. The maximum absolute atomic E-state index is 12.3. The van der Waals surface area contributed by atoms with Crippen LogP contribution in [0.2, 0.25) is 0 Å². The maximum atomic E-state index is 12.3. The van der Waals surface area contributed by atoms with Crippen molar-refractivity contribution in [2.75, 3.05) is 38.5 Å². The summed E-state index contributed by atoms with van der Waals surface area (Å²) >= 11 is 0. The molecule has 23 heavy (non-hydrogen) atoms. The molecule has 1 heterocycles. The number of aryl methyl sites for hydroxylation is 1. The van der Waals surface area contributed by atoms with Crippen LogP contribution in [0.5, 0.6) is 0 Å². The summed E-state index contributed by atoms with van der Waals surface area (Å²) in [4.78, 5) is 28.0. The van der Waals surface area contributed by atoms with Crippen LogP contribution < -0.4 is 5.32 Å². The first-order valence-electron chi connectivity index (χ1n) is 8.27. The van der Waals surface area contributed by atoms with Crippen LogP contribution in [0.1, 0.15) is 25.3 Å². The second-order valence-corrected chi connectivity index (χ2v) is 6.65. The molecule has 0 bridgehead atoms. The molecule has 1 aromatic rings. The summed E-state index contributed by atoms with van der Waals surface area (Å²) in [5.41, 5.74) is 1.90. The van der Waals surface area contributed by atoms with Gasteiger partial charge in [0, 0.05) is 19.3 Å². The molecule has 1 saturated heterocycles. The Hall–Kier alpha value is -1.88. The van der Waals surface area contributed by atoms with Crippen LogP contribution in [0.4, 0.5) is 5.69 Å². The van der Waals surface area contributed by atoms with Gasteiger partial charge in [-0.3, -0.25) is 14.5 Å². The molecule has 1 aliphatic rings. The Morgan fingerprint density at radius 1 is 1.30 bits per heavy atom. The monoisotopic (exact) mass is 317 g/mol. The number of hydrogen-bond donors (Lipinski definition) is 1. The van der Waals surface area contributed by atoms with Gasteiger partial charge in [-0.2, -0.15) is 0 Å². The lowest BCUT2D eigenvalue weighted by molar-refractivity contribution is -0.134. The quantitative estimate of drug-likeness (QED) is 0.905. The molecule has 0 aliphatic carbocycles. The van der Waals surface area contributed by atoms with Crippen molar-refractivity contribution >= 4 is 17.5 Å². The highest BCUT2D eigenvalue weighted by molar-refractivity contribution is 5.94. The maximum Gasteiger partial charge on any atom is 0.243 e. The van der Waals surface area contributed by atoms with Crippen molar-refractivity contribution in [2.45, 2.75) is 26.7 Å². The van der Waals surface area contributed by atoms with Gasteiger partial charge in [-0.15, -0.1) is 0 Å². The molecular weight excluding hydrogens is 290 g/mol. The third-order valence-corrected chi connectivity index (χ3v) is 4.24. The minimum Gasteiger partial charge on any atom is -0.335 e. The Balaban J connectivity index is 1.78. The van der Waals surface area contributed by atoms with Crippen LogP contribution in [0.15, 0.2) is 24.3 Å². The molecule has 0 radical (unpaired) electrons. The number of benzene rings is 1. The molecule has 1 atom stereocenters. The molecular formula is C18H27N3O2. The van der Waals surface area contributed by atoms with E-state index in [-0.39, 0.29) is 18.4 Å². The highest BCUT2D eigenvalue weighted by atomic mass is 16.2. The zero-order valence-electron chi connectivity index (χ0n) is 14.3. The lowest BCUT2D eigenvalue weighted by Crippen LogP contribution is -2.44. The fourth-order valence-electron chi connectivity index (χ4n) is 2.88. The molecule has 0 saturated carbocycles. The molecule has 1 aromatic carbocycles. The molecule has 0 aromatic heterocycles. The van der Waals surface area contributed by atoms with E-state index in [0.29, 0.717) is 12.5 Å². The van der Waals surface area contributed by atoms with E-state index in [1.165, 1.54) is 11.3 Å². The molecule has 2 rings (SSSR count). The number of nitrogens with one attached hydrogen (secondary N) is 1. The van der Waals surface area contributed by atoms with Crippen molar-refractivity contribution in [2.24, 2.45) is 5.92 Å². The SMILES string of the molecule is Cc1ccc(NC(=O)CN(C)C(=O)CN2CCCC(C)C2)cc1. The number of hydrogen-bond acceptors (Lipinski definition) is 3. The highest BCUT2D eigenvalue weighted by Crippen LogP contribution is 2.15. The van der Waals surface area contributed by atoms with E-state index in [2.05, 4.69) is 17.1 Å². The lowest BCUT2D eigenvalue weighted by atomic mass is 10.0. The minimum atomic E-state index is -0.170. The summed E-state index contributed by atoms with van der Waals surface area (Å²) in [6.45, 7) is 6.64. The Kier molecular flexibility index (Phi) is 6.16. The van der Waals surface area contributed by atoms with Crippen molar-refractivity contribution in [3.05, 3.63) is 29.8 Å². The summed E-state index contributed by atoms with van der Waals surface area (Å²) < 4.78 is 0. The Bertz CT molecular complexity index is 542. The van der Waals surface area contributed by atoms with E-state index in [1.54, 1.807) is 7.05 Å². The fraction of sp³-hybridized carbons (Fsp3) is 0.556. The van der Waals surface area contributed by atoms with Crippen molar-refractivity contribution in [1.82, 2.24) is 9.80 Å². The van der Waals surface area contributed by atoms with Crippen molar-refractivity contribution in [3.63, 3.8) is 0 Å². The summed E-state index contributed by atoms with van der Waals surface area (Å²) in [5, 5.41) is 2.82. The number of amides is 2. The topological polar surface area (TPSA) is 52.7 Å². The molecule has 126 valence electrons. The summed E-state index contributed by atoms with van der Waals surface area (Å²) in [5.74, 6) is 0.474. The average Bonchev–Trinajstić information content (AvgIpc) is 2.49. The first kappa shape index (κ1) is 17.5. The molecule has 5 nitrogen and oxygen atoms in total. The van der Waals surface area contributed by atoms with Crippen LogP contribution >= 0.6 is 0 Å². The van der Waals surface area contributed by atoms with Gasteiger partial charge < -0.3 is 10.2 Å². The van der Waals surface area contributed by atoms with Gasteiger partial charge in [-0.1, -0.05) is 24.6 Å². The Morgan fingerprint density at radius 2 is 2.00 bits per heavy atom. The van der Waals surface area contributed by atoms with Gasteiger partial charge in [0.05, 0.1) is 13.1 Å². The largest absolute Gasteiger partial charge is 0.335 e. The van der Waals surface area contributed by atoms with Crippen LogP contribution in [-0.4, -0.2) is 54.8 Å². The molecule has 1 unspecified atom stereocenters. The van der Waals surface area contributed by atoms with Gasteiger partial charge in [0.2, 0.25) is 11.8 Å². The average molecular weight is 317 g/mol. The first-order valence-corrected chi connectivity index (χ1v) is 8.27. The second-order valence-electron chi connectivity index (χ2n) is 6.65. The van der Waals surface area contributed by atoms with Crippen LogP contribution in [0.3, 0.4) is 0 Å². The number of rotatable bonds is 5. The number of carbonyl (C=O) groups is 2. The number of carbonyl (C=O) groups excluding carboxylic acids is 2. The van der Waals surface area contributed by atoms with E-state index < -0.39 is 0 Å². The highest BCUT2D eigenvalue weighted by Gasteiger charge is 2.21. The third-order valence-electron chi connectivity index (χ3n) is 4.24. The summed E-state index contributed by atoms with van der Waals surface area (Å²) in [6, 6.07) is 7.62. The first-order chi connectivity index (χ1) is 10.9. The van der Waals surface area contributed by atoms with Gasteiger partial charge >= 0.3 is 0 Å². The molecule has 1 N–H and O–H groups in total. The zero-order valence-corrected chi connectivity index (χ0v) is 14.3. The standard InChI is InChI=1S/C18H27N3O2/c1-14-6-8-16(9-7-14)19-17(22)12-20(3)18(23)13-21-10-4-5-15(2)11-21/h6-9,15H,4-5,10-13H2,1-3H3,(H,19,22). The third kappa shape index (κ3) is 5.67. The van der Waals surface area contributed by atoms with Gasteiger partial charge in [-0.25, -0.2) is 0 Å². The van der Waals surface area contributed by atoms with E-state index >= 15 is 0 Å². The van der Waals surface area contributed by atoms with Gasteiger partial charge in [0.15, 0.2) is 0 Å².